The number of para-hydroxylation sites is 1. The molecule has 0 aliphatic carbocycles. The van der Waals surface area contributed by atoms with Crippen LogP contribution in [0.2, 0.25) is 0 Å². The van der Waals surface area contributed by atoms with E-state index in [1.165, 1.54) is 0 Å². The van der Waals surface area contributed by atoms with Crippen LogP contribution in [0, 0.1) is 6.92 Å². The third-order valence-electron chi connectivity index (χ3n) is 2.27. The van der Waals surface area contributed by atoms with Crippen LogP contribution in [-0.4, -0.2) is 10.9 Å². The highest BCUT2D eigenvalue weighted by molar-refractivity contribution is 5.99. The number of aromatic nitrogens is 1. The monoisotopic (exact) mass is 215 g/mol. The lowest BCUT2D eigenvalue weighted by molar-refractivity contribution is 0.397. The van der Waals surface area contributed by atoms with Crippen LogP contribution >= 0.6 is 0 Å². The van der Waals surface area contributed by atoms with Gasteiger partial charge in [0, 0.05) is 0 Å². The average molecular weight is 215 g/mol. The van der Waals surface area contributed by atoms with Gasteiger partial charge < -0.3 is 4.52 Å². The van der Waals surface area contributed by atoms with E-state index in [9.17, 15) is 0 Å². The third-order valence-corrected chi connectivity index (χ3v) is 2.27. The summed E-state index contributed by atoms with van der Waals surface area (Å²) in [4.78, 5) is 0. The molecule has 1 N–H and O–H groups in total. The molecule has 0 saturated carbocycles. The Morgan fingerprint density at radius 1 is 1.31 bits per heavy atom. The van der Waals surface area contributed by atoms with E-state index in [0.29, 0.717) is 0 Å². The van der Waals surface area contributed by atoms with Gasteiger partial charge >= 0.3 is 0 Å². The minimum Gasteiger partial charge on any atom is -0.361 e. The molecule has 0 radical (unpaired) electrons. The minimum absolute atomic E-state index is 0.774. The summed E-state index contributed by atoms with van der Waals surface area (Å²) in [5.74, 6) is 0.774. The zero-order valence-corrected chi connectivity index (χ0v) is 9.27. The molecule has 16 heavy (non-hydrogen) atoms. The van der Waals surface area contributed by atoms with E-state index in [2.05, 4.69) is 15.7 Å². The van der Waals surface area contributed by atoms with Crippen molar-refractivity contribution in [1.82, 2.24) is 5.16 Å². The van der Waals surface area contributed by atoms with Crippen molar-refractivity contribution in [2.24, 2.45) is 5.10 Å². The first-order valence-electron chi connectivity index (χ1n) is 5.04. The van der Waals surface area contributed by atoms with Crippen LogP contribution in [0.1, 0.15) is 18.2 Å². The fourth-order valence-corrected chi connectivity index (χ4v) is 1.37. The van der Waals surface area contributed by atoms with Crippen molar-refractivity contribution < 1.29 is 4.52 Å². The van der Waals surface area contributed by atoms with Gasteiger partial charge in [-0.15, -0.1) is 0 Å². The molecule has 0 atom stereocenters. The van der Waals surface area contributed by atoms with Gasteiger partial charge in [-0.3, -0.25) is 5.43 Å². The Bertz CT molecular complexity index is 488. The van der Waals surface area contributed by atoms with Crippen molar-refractivity contribution in [3.05, 3.63) is 47.9 Å². The Hall–Kier alpha value is -2.10. The Balaban J connectivity index is 2.12. The predicted octanol–water partition coefficient (Wildman–Crippen LogP) is 2.82. The number of hydrazone groups is 1. The summed E-state index contributed by atoms with van der Waals surface area (Å²) in [5, 5.41) is 7.98. The summed E-state index contributed by atoms with van der Waals surface area (Å²) < 4.78 is 4.98. The lowest BCUT2D eigenvalue weighted by Crippen LogP contribution is -1.99. The van der Waals surface area contributed by atoms with Crippen molar-refractivity contribution in [3.63, 3.8) is 0 Å². The zero-order chi connectivity index (χ0) is 11.4. The second-order valence-corrected chi connectivity index (χ2v) is 3.47. The molecular formula is C12H13N3O. The molecule has 0 amide bonds. The van der Waals surface area contributed by atoms with E-state index in [4.69, 9.17) is 4.52 Å². The normalized spacial score (nSPS) is 11.5. The molecule has 1 heterocycles. The quantitative estimate of drug-likeness (QED) is 0.632. The van der Waals surface area contributed by atoms with Crippen LogP contribution in [0.25, 0.3) is 0 Å². The summed E-state index contributed by atoms with van der Waals surface area (Å²) in [6, 6.07) is 9.79. The number of hydrogen-bond acceptors (Lipinski definition) is 4. The lowest BCUT2D eigenvalue weighted by Gasteiger charge is -2.01. The van der Waals surface area contributed by atoms with Crippen LogP contribution in [0.4, 0.5) is 5.69 Å². The predicted molar refractivity (Wildman–Crippen MR) is 63.5 cm³/mol. The third kappa shape index (κ3) is 2.28. The molecule has 4 heteroatoms. The number of hydrogen-bond donors (Lipinski definition) is 1. The van der Waals surface area contributed by atoms with Crippen molar-refractivity contribution in [3.8, 4) is 0 Å². The Morgan fingerprint density at radius 2 is 2.06 bits per heavy atom. The van der Waals surface area contributed by atoms with Gasteiger partial charge in [0.25, 0.3) is 0 Å². The van der Waals surface area contributed by atoms with Gasteiger partial charge in [0.2, 0.25) is 0 Å². The highest BCUT2D eigenvalue weighted by atomic mass is 16.5. The summed E-state index contributed by atoms with van der Waals surface area (Å²) in [6.07, 6.45) is 1.67. The first kappa shape index (κ1) is 10.4. The van der Waals surface area contributed by atoms with Crippen LogP contribution in [0.5, 0.6) is 0 Å². The van der Waals surface area contributed by atoms with Crippen LogP contribution in [0.15, 0.2) is 46.2 Å². The molecule has 1 aromatic heterocycles. The van der Waals surface area contributed by atoms with Gasteiger partial charge in [-0.25, -0.2) is 0 Å². The first-order valence-corrected chi connectivity index (χ1v) is 5.04. The Kier molecular flexibility index (Phi) is 3.00. The molecule has 0 aliphatic heterocycles. The second kappa shape index (κ2) is 4.61. The first-order chi connectivity index (χ1) is 7.77. The van der Waals surface area contributed by atoms with Gasteiger partial charge in [0.05, 0.1) is 23.2 Å². The molecule has 4 nitrogen and oxygen atoms in total. The van der Waals surface area contributed by atoms with E-state index in [1.54, 1.807) is 6.20 Å². The number of aryl methyl sites for hydroxylation is 1. The topological polar surface area (TPSA) is 50.4 Å². The molecule has 0 spiro atoms. The van der Waals surface area contributed by atoms with E-state index < -0.39 is 0 Å². The highest BCUT2D eigenvalue weighted by Crippen LogP contribution is 2.09. The van der Waals surface area contributed by atoms with Crippen molar-refractivity contribution in [1.29, 1.82) is 0 Å². The molecule has 0 fully saturated rings. The number of nitrogens with zero attached hydrogens (tertiary/aromatic N) is 2. The summed E-state index contributed by atoms with van der Waals surface area (Å²) in [7, 11) is 0. The molecular weight excluding hydrogens is 202 g/mol. The smallest absolute Gasteiger partial charge is 0.142 e. The molecule has 2 rings (SSSR count). The molecule has 2 aromatic rings. The fraction of sp³-hybridized carbons (Fsp3) is 0.167. The molecule has 0 bridgehead atoms. The SMILES string of the molecule is CC(=NNc1ccccc1)c1cnoc1C. The van der Waals surface area contributed by atoms with Crippen molar-refractivity contribution in [2.45, 2.75) is 13.8 Å². The van der Waals surface area contributed by atoms with Crippen LogP contribution < -0.4 is 5.43 Å². The van der Waals surface area contributed by atoms with Crippen molar-refractivity contribution >= 4 is 11.4 Å². The number of rotatable bonds is 3. The van der Waals surface area contributed by atoms with E-state index in [-0.39, 0.29) is 0 Å². The molecule has 0 saturated heterocycles. The lowest BCUT2D eigenvalue weighted by atomic mass is 10.2. The molecule has 1 aromatic carbocycles. The second-order valence-electron chi connectivity index (χ2n) is 3.47. The zero-order valence-electron chi connectivity index (χ0n) is 9.27. The number of nitrogens with one attached hydrogen (secondary N) is 1. The van der Waals surface area contributed by atoms with Gasteiger partial charge in [-0.1, -0.05) is 23.4 Å². The van der Waals surface area contributed by atoms with E-state index in [1.807, 2.05) is 44.2 Å². The summed E-state index contributed by atoms with van der Waals surface area (Å²) in [5.41, 5.74) is 5.70. The highest BCUT2D eigenvalue weighted by Gasteiger charge is 2.05. The fourth-order valence-electron chi connectivity index (χ4n) is 1.37. The van der Waals surface area contributed by atoms with Crippen LogP contribution in [-0.2, 0) is 0 Å². The molecule has 0 aliphatic rings. The Morgan fingerprint density at radius 3 is 2.69 bits per heavy atom. The largest absolute Gasteiger partial charge is 0.361 e. The maximum Gasteiger partial charge on any atom is 0.142 e. The van der Waals surface area contributed by atoms with Gasteiger partial charge in [-0.2, -0.15) is 5.10 Å². The molecule has 0 unspecified atom stereocenters. The maximum absolute atomic E-state index is 4.98. The number of benzene rings is 1. The van der Waals surface area contributed by atoms with Gasteiger partial charge in [0.1, 0.15) is 5.76 Å². The standard InChI is InChI=1S/C12H13N3O/c1-9(12-8-13-16-10(12)2)14-15-11-6-4-3-5-7-11/h3-8,15H,1-2H3. The summed E-state index contributed by atoms with van der Waals surface area (Å²) in [6.45, 7) is 3.78. The Labute approximate surface area is 94.0 Å². The number of anilines is 1. The average Bonchev–Trinajstić information content (AvgIpc) is 2.74. The van der Waals surface area contributed by atoms with E-state index >= 15 is 0 Å². The van der Waals surface area contributed by atoms with Crippen molar-refractivity contribution in [2.75, 3.05) is 5.43 Å². The van der Waals surface area contributed by atoms with E-state index in [0.717, 1.165) is 22.7 Å². The molecule has 82 valence electrons. The summed E-state index contributed by atoms with van der Waals surface area (Å²) >= 11 is 0. The maximum atomic E-state index is 4.98. The van der Waals surface area contributed by atoms with Crippen LogP contribution in [0.3, 0.4) is 0 Å². The van der Waals surface area contributed by atoms with Gasteiger partial charge in [0.15, 0.2) is 0 Å². The van der Waals surface area contributed by atoms with Gasteiger partial charge in [-0.05, 0) is 26.0 Å². The minimum atomic E-state index is 0.774.